The Hall–Kier alpha value is -3.43. The summed E-state index contributed by atoms with van der Waals surface area (Å²) in [5.41, 5.74) is 4.42. The van der Waals surface area contributed by atoms with E-state index in [-0.39, 0.29) is 12.3 Å². The Morgan fingerprint density at radius 2 is 1.95 bits per heavy atom. The number of hydrogen-bond acceptors (Lipinski definition) is 6. The fourth-order valence-electron chi connectivity index (χ4n) is 4.10. The molecule has 1 aliphatic rings. The first-order valence-electron chi connectivity index (χ1n) is 12.2. The number of para-hydroxylation sites is 1. The van der Waals surface area contributed by atoms with Crippen LogP contribution in [0.2, 0.25) is 0 Å². The quantitative estimate of drug-likeness (QED) is 0.181. The van der Waals surface area contributed by atoms with Gasteiger partial charge in [-0.3, -0.25) is 14.5 Å². The van der Waals surface area contributed by atoms with Crippen LogP contribution in [0.15, 0.2) is 59.6 Å². The topological polar surface area (TPSA) is 84.7 Å². The van der Waals surface area contributed by atoms with E-state index in [4.69, 9.17) is 27.2 Å². The Balaban J connectivity index is 1.62. The number of carboxylic acids is 1. The van der Waals surface area contributed by atoms with Gasteiger partial charge in [0.25, 0.3) is 5.91 Å². The number of ether oxygens (including phenoxy) is 1. The number of nitrogens with zero attached hydrogens (tertiary/aromatic N) is 3. The summed E-state index contributed by atoms with van der Waals surface area (Å²) in [6.07, 6.45) is 5.94. The number of carbonyl (C=O) groups excluding carboxylic acids is 1. The maximum absolute atomic E-state index is 13.2. The van der Waals surface area contributed by atoms with Gasteiger partial charge in [-0.05, 0) is 68.7 Å². The molecule has 9 heteroatoms. The second-order valence-electron chi connectivity index (χ2n) is 8.66. The minimum Gasteiger partial charge on any atom is -0.494 e. The van der Waals surface area contributed by atoms with Crippen LogP contribution in [0.25, 0.3) is 23.0 Å². The largest absolute Gasteiger partial charge is 0.494 e. The number of carbonyl (C=O) groups is 2. The fraction of sp³-hybridized carbons (Fsp3) is 0.286. The Morgan fingerprint density at radius 3 is 2.65 bits per heavy atom. The summed E-state index contributed by atoms with van der Waals surface area (Å²) in [5, 5.41) is 13.7. The van der Waals surface area contributed by atoms with Gasteiger partial charge in [0, 0.05) is 30.3 Å². The molecule has 2 aromatic carbocycles. The van der Waals surface area contributed by atoms with Crippen molar-refractivity contribution in [1.82, 2.24) is 14.7 Å². The van der Waals surface area contributed by atoms with Gasteiger partial charge in [-0.2, -0.15) is 5.10 Å². The van der Waals surface area contributed by atoms with Crippen molar-refractivity contribution in [2.24, 2.45) is 0 Å². The summed E-state index contributed by atoms with van der Waals surface area (Å²) < 4.78 is 8.03. The first kappa shape index (κ1) is 26.6. The molecule has 0 radical (unpaired) electrons. The smallest absolute Gasteiger partial charge is 0.303 e. The zero-order chi connectivity index (χ0) is 26.4. The third-order valence-corrected chi connectivity index (χ3v) is 7.32. The molecule has 0 spiro atoms. The van der Waals surface area contributed by atoms with E-state index in [1.807, 2.05) is 79.3 Å². The molecule has 1 fully saturated rings. The van der Waals surface area contributed by atoms with Gasteiger partial charge in [0.15, 0.2) is 0 Å². The number of aromatic nitrogens is 2. The van der Waals surface area contributed by atoms with E-state index in [9.17, 15) is 9.59 Å². The van der Waals surface area contributed by atoms with Crippen molar-refractivity contribution in [2.75, 3.05) is 13.2 Å². The van der Waals surface area contributed by atoms with Crippen molar-refractivity contribution in [1.29, 1.82) is 0 Å². The van der Waals surface area contributed by atoms with Gasteiger partial charge in [0.05, 0.1) is 17.2 Å². The molecule has 4 rings (SSSR count). The summed E-state index contributed by atoms with van der Waals surface area (Å²) in [7, 11) is 0. The Morgan fingerprint density at radius 1 is 1.16 bits per heavy atom. The highest BCUT2D eigenvalue weighted by atomic mass is 32.2. The Bertz CT molecular complexity index is 1330. The molecule has 0 bridgehead atoms. The third kappa shape index (κ3) is 6.47. The van der Waals surface area contributed by atoms with E-state index in [1.54, 1.807) is 4.90 Å². The summed E-state index contributed by atoms with van der Waals surface area (Å²) in [4.78, 5) is 26.1. The minimum absolute atomic E-state index is 0.130. The van der Waals surface area contributed by atoms with E-state index in [1.165, 1.54) is 11.8 Å². The van der Waals surface area contributed by atoms with Crippen LogP contribution in [0.1, 0.15) is 43.7 Å². The number of thioether (sulfide) groups is 1. The van der Waals surface area contributed by atoms with Crippen LogP contribution in [0.3, 0.4) is 0 Å². The number of aryl methyl sites for hydroxylation is 1. The van der Waals surface area contributed by atoms with Crippen LogP contribution < -0.4 is 4.74 Å². The number of carboxylic acid groups (broad SMARTS) is 1. The van der Waals surface area contributed by atoms with Crippen molar-refractivity contribution < 1.29 is 19.4 Å². The molecule has 1 aliphatic heterocycles. The molecule has 192 valence electrons. The Kier molecular flexibility index (Phi) is 8.78. The zero-order valence-corrected chi connectivity index (χ0v) is 22.5. The highest BCUT2D eigenvalue weighted by Gasteiger charge is 2.32. The molecule has 7 nitrogen and oxygen atoms in total. The minimum atomic E-state index is -0.803. The molecule has 0 aliphatic carbocycles. The summed E-state index contributed by atoms with van der Waals surface area (Å²) >= 11 is 6.78. The highest BCUT2D eigenvalue weighted by Crippen LogP contribution is 2.36. The SMILES string of the molecule is CCOc1ccc(-c2nn(-c3ccccc3)cc2/C=C2\SC(=S)N(CCCCCC(=O)O)C2=O)cc1C. The van der Waals surface area contributed by atoms with Crippen LogP contribution in [-0.2, 0) is 9.59 Å². The fourth-order valence-corrected chi connectivity index (χ4v) is 5.40. The van der Waals surface area contributed by atoms with Crippen LogP contribution in [0, 0.1) is 6.92 Å². The molecule has 1 amide bonds. The Labute approximate surface area is 226 Å². The van der Waals surface area contributed by atoms with E-state index in [0.29, 0.717) is 35.2 Å². The number of hydrogen-bond donors (Lipinski definition) is 1. The summed E-state index contributed by atoms with van der Waals surface area (Å²) in [5.74, 6) is -0.0999. The first-order valence-corrected chi connectivity index (χ1v) is 13.5. The zero-order valence-electron chi connectivity index (χ0n) is 20.8. The van der Waals surface area contributed by atoms with E-state index in [2.05, 4.69) is 0 Å². The molecule has 1 N–H and O–H groups in total. The maximum Gasteiger partial charge on any atom is 0.303 e. The van der Waals surface area contributed by atoms with Crippen molar-refractivity contribution in [3.8, 4) is 22.7 Å². The molecule has 37 heavy (non-hydrogen) atoms. The van der Waals surface area contributed by atoms with Crippen molar-refractivity contribution in [2.45, 2.75) is 39.5 Å². The molecule has 1 saturated heterocycles. The molecule has 3 aromatic rings. The van der Waals surface area contributed by atoms with Crippen molar-refractivity contribution in [3.05, 3.63) is 70.8 Å². The lowest BCUT2D eigenvalue weighted by Crippen LogP contribution is -2.29. The molecular weight excluding hydrogens is 506 g/mol. The second-order valence-corrected chi connectivity index (χ2v) is 10.3. The van der Waals surface area contributed by atoms with E-state index in [0.717, 1.165) is 40.2 Å². The number of rotatable bonds is 11. The lowest BCUT2D eigenvalue weighted by molar-refractivity contribution is -0.137. The van der Waals surface area contributed by atoms with Gasteiger partial charge < -0.3 is 9.84 Å². The molecule has 0 saturated carbocycles. The average molecular weight is 536 g/mol. The predicted octanol–water partition coefficient (Wildman–Crippen LogP) is 6.09. The maximum atomic E-state index is 13.2. The van der Waals surface area contributed by atoms with Gasteiger partial charge in [-0.15, -0.1) is 0 Å². The van der Waals surface area contributed by atoms with Crippen LogP contribution in [-0.4, -0.2) is 49.1 Å². The van der Waals surface area contributed by atoms with Gasteiger partial charge in [0.1, 0.15) is 15.8 Å². The number of unbranched alkanes of at least 4 members (excludes halogenated alkanes) is 2. The lowest BCUT2D eigenvalue weighted by Gasteiger charge is -2.13. The molecule has 1 aromatic heterocycles. The van der Waals surface area contributed by atoms with Crippen molar-refractivity contribution in [3.63, 3.8) is 0 Å². The lowest BCUT2D eigenvalue weighted by atomic mass is 10.0. The predicted molar refractivity (Wildman–Crippen MR) is 151 cm³/mol. The normalized spacial score (nSPS) is 14.5. The molecule has 2 heterocycles. The monoisotopic (exact) mass is 535 g/mol. The number of thiocarbonyl (C=S) groups is 1. The van der Waals surface area contributed by atoms with Gasteiger partial charge in [-0.1, -0.05) is 48.6 Å². The average Bonchev–Trinajstić information content (AvgIpc) is 3.41. The number of benzene rings is 2. The summed E-state index contributed by atoms with van der Waals surface area (Å²) in [6.45, 7) is 5.04. The van der Waals surface area contributed by atoms with Gasteiger partial charge in [0.2, 0.25) is 0 Å². The number of aliphatic carboxylic acids is 1. The first-order chi connectivity index (χ1) is 17.9. The number of amides is 1. The van der Waals surface area contributed by atoms with Crippen molar-refractivity contribution >= 4 is 46.3 Å². The van der Waals surface area contributed by atoms with Gasteiger partial charge >= 0.3 is 5.97 Å². The molecule has 0 atom stereocenters. The molecular formula is C28H29N3O4S2. The van der Waals surface area contributed by atoms with Crippen LogP contribution >= 0.6 is 24.0 Å². The molecule has 0 unspecified atom stereocenters. The van der Waals surface area contributed by atoms with E-state index < -0.39 is 5.97 Å². The second kappa shape index (κ2) is 12.2. The van der Waals surface area contributed by atoms with Crippen LogP contribution in [0.4, 0.5) is 0 Å². The summed E-state index contributed by atoms with van der Waals surface area (Å²) in [6, 6.07) is 15.8. The van der Waals surface area contributed by atoms with Gasteiger partial charge in [-0.25, -0.2) is 4.68 Å². The van der Waals surface area contributed by atoms with E-state index >= 15 is 0 Å². The third-order valence-electron chi connectivity index (χ3n) is 5.94. The van der Waals surface area contributed by atoms with Crippen LogP contribution in [0.5, 0.6) is 5.75 Å². The highest BCUT2D eigenvalue weighted by molar-refractivity contribution is 8.26. The standard InChI is InChI=1S/C28H29N3O4S2/c1-3-35-23-14-13-20(16-19(23)2)26-21(18-31(29-26)22-10-6-4-7-11-22)17-24-27(34)30(28(36)37-24)15-9-5-8-12-25(32)33/h4,6-7,10-11,13-14,16-18H,3,5,8-9,12,15H2,1-2H3,(H,32,33)/b24-17-.